The molecule has 0 aliphatic carbocycles. The number of carbonyl (C=O) groups excluding carboxylic acids is 1. The number of fused-ring (bicyclic) bond motifs is 1. The van der Waals surface area contributed by atoms with Crippen LogP contribution in [0.3, 0.4) is 0 Å². The van der Waals surface area contributed by atoms with Gasteiger partial charge in [-0.05, 0) is 48.5 Å². The van der Waals surface area contributed by atoms with E-state index in [1.165, 1.54) is 50.6 Å². The summed E-state index contributed by atoms with van der Waals surface area (Å²) < 4.78 is 43.9. The molecule has 12 nitrogen and oxygen atoms in total. The van der Waals surface area contributed by atoms with Gasteiger partial charge in [-0.3, -0.25) is 19.6 Å². The number of sulfonamides is 1. The van der Waals surface area contributed by atoms with Gasteiger partial charge in [-0.15, -0.1) is 0 Å². The van der Waals surface area contributed by atoms with Crippen molar-refractivity contribution < 1.29 is 32.0 Å². The first kappa shape index (κ1) is 25.8. The molecule has 4 rings (SSSR count). The van der Waals surface area contributed by atoms with E-state index in [1.807, 2.05) is 0 Å². The Morgan fingerprint density at radius 1 is 1.08 bits per heavy atom. The van der Waals surface area contributed by atoms with Crippen molar-refractivity contribution in [3.05, 3.63) is 70.8 Å². The molecule has 0 radical (unpaired) electrons. The van der Waals surface area contributed by atoms with Crippen LogP contribution in [0.2, 0.25) is 0 Å². The van der Waals surface area contributed by atoms with Gasteiger partial charge in [0.1, 0.15) is 17.0 Å². The third-order valence-corrected chi connectivity index (χ3v) is 7.20. The summed E-state index contributed by atoms with van der Waals surface area (Å²) in [6.07, 6.45) is 0. The van der Waals surface area contributed by atoms with Gasteiger partial charge in [-0.25, -0.2) is 13.4 Å². The van der Waals surface area contributed by atoms with E-state index >= 15 is 0 Å². The lowest BCUT2D eigenvalue weighted by Gasteiger charge is -2.09. The molecule has 0 saturated carbocycles. The molecular formula is C23H20N4O8S2. The Morgan fingerprint density at radius 3 is 2.51 bits per heavy atom. The summed E-state index contributed by atoms with van der Waals surface area (Å²) in [5.74, 6) is 0.229. The minimum atomic E-state index is -3.89. The second-order valence-corrected chi connectivity index (χ2v) is 10.0. The molecule has 192 valence electrons. The number of methoxy groups -OCH3 is 2. The molecule has 3 aromatic carbocycles. The Balaban J connectivity index is 1.42. The number of rotatable bonds is 10. The lowest BCUT2D eigenvalue weighted by molar-refractivity contribution is -0.384. The number of oxazole rings is 1. The van der Waals surface area contributed by atoms with Crippen molar-refractivity contribution in [1.82, 2.24) is 4.98 Å². The number of nitro benzene ring substituents is 1. The van der Waals surface area contributed by atoms with Crippen molar-refractivity contribution in [3.63, 3.8) is 0 Å². The normalized spacial score (nSPS) is 11.2. The Kier molecular flexibility index (Phi) is 7.50. The molecule has 0 atom stereocenters. The highest BCUT2D eigenvalue weighted by Crippen LogP contribution is 2.30. The second-order valence-electron chi connectivity index (χ2n) is 7.42. The smallest absolute Gasteiger partial charge is 0.273 e. The van der Waals surface area contributed by atoms with Crippen LogP contribution in [-0.2, 0) is 14.8 Å². The van der Waals surface area contributed by atoms with Gasteiger partial charge in [0.2, 0.25) is 5.91 Å². The molecule has 1 amide bonds. The number of nitro groups is 1. The molecule has 0 aliphatic heterocycles. The number of nitrogens with one attached hydrogen (secondary N) is 2. The number of non-ortho nitro benzene ring substituents is 1. The molecule has 1 heterocycles. The zero-order chi connectivity index (χ0) is 26.6. The zero-order valence-corrected chi connectivity index (χ0v) is 21.1. The Labute approximate surface area is 215 Å². The fourth-order valence-electron chi connectivity index (χ4n) is 3.20. The quantitative estimate of drug-likeness (QED) is 0.167. The topological polar surface area (TPSA) is 163 Å². The molecule has 1 aromatic heterocycles. The maximum Gasteiger partial charge on any atom is 0.273 e. The monoisotopic (exact) mass is 544 g/mol. The molecule has 0 saturated heterocycles. The number of amides is 1. The maximum atomic E-state index is 12.8. The van der Waals surface area contributed by atoms with E-state index in [9.17, 15) is 23.3 Å². The molecule has 0 fully saturated rings. The summed E-state index contributed by atoms with van der Waals surface area (Å²) >= 11 is 0.999. The van der Waals surface area contributed by atoms with Crippen LogP contribution in [0.15, 0.2) is 75.2 Å². The third kappa shape index (κ3) is 6.10. The number of hydrogen-bond donors (Lipinski definition) is 2. The van der Waals surface area contributed by atoms with Gasteiger partial charge < -0.3 is 19.2 Å². The first-order valence-corrected chi connectivity index (χ1v) is 13.0. The molecule has 0 unspecified atom stereocenters. The second kappa shape index (κ2) is 10.8. The minimum Gasteiger partial charge on any atom is -0.497 e. The maximum absolute atomic E-state index is 12.8. The molecular weight excluding hydrogens is 524 g/mol. The van der Waals surface area contributed by atoms with Crippen LogP contribution in [0.5, 0.6) is 11.5 Å². The van der Waals surface area contributed by atoms with Crippen molar-refractivity contribution in [1.29, 1.82) is 0 Å². The largest absolute Gasteiger partial charge is 0.497 e. The van der Waals surface area contributed by atoms with E-state index in [4.69, 9.17) is 13.9 Å². The van der Waals surface area contributed by atoms with Gasteiger partial charge in [0, 0.05) is 11.8 Å². The minimum absolute atomic E-state index is 0.0105. The number of anilines is 2. The zero-order valence-electron chi connectivity index (χ0n) is 19.5. The molecule has 4 aromatic rings. The van der Waals surface area contributed by atoms with Crippen molar-refractivity contribution in [2.24, 2.45) is 0 Å². The van der Waals surface area contributed by atoms with E-state index in [1.54, 1.807) is 24.3 Å². The first-order valence-electron chi connectivity index (χ1n) is 10.5. The standard InChI is InChI=1S/C23H20N4O8S2/c1-33-16-6-3-14(4-7-16)26-37(31,32)17-8-10-20-19(12-17)25-23(35-20)36-13-22(28)24-18-9-5-15(27(29)30)11-21(18)34-2/h3-12,26H,13H2,1-2H3,(H,24,28). The summed E-state index contributed by atoms with van der Waals surface area (Å²) in [4.78, 5) is 27.0. The van der Waals surface area contributed by atoms with Crippen LogP contribution in [0.4, 0.5) is 17.1 Å². The summed E-state index contributed by atoms with van der Waals surface area (Å²) in [5.41, 5.74) is 1.13. The predicted octanol–water partition coefficient (Wildman–Crippen LogP) is 4.28. The van der Waals surface area contributed by atoms with E-state index < -0.39 is 20.9 Å². The van der Waals surface area contributed by atoms with Crippen molar-refractivity contribution in [3.8, 4) is 11.5 Å². The third-order valence-electron chi connectivity index (χ3n) is 4.99. The lowest BCUT2D eigenvalue weighted by Crippen LogP contribution is -2.14. The fraction of sp³-hybridized carbons (Fsp3) is 0.130. The number of aromatic nitrogens is 1. The summed E-state index contributed by atoms with van der Waals surface area (Å²) in [6.45, 7) is 0. The van der Waals surface area contributed by atoms with Gasteiger partial charge in [0.05, 0.1) is 41.5 Å². The molecule has 0 aliphatic rings. The number of benzene rings is 3. The fourth-order valence-corrected chi connectivity index (χ4v) is 4.91. The highest BCUT2D eigenvalue weighted by atomic mass is 32.2. The van der Waals surface area contributed by atoms with Gasteiger partial charge in [0.15, 0.2) is 5.58 Å². The average Bonchev–Trinajstić information content (AvgIpc) is 3.30. The highest BCUT2D eigenvalue weighted by Gasteiger charge is 2.18. The van der Waals surface area contributed by atoms with E-state index in [2.05, 4.69) is 15.0 Å². The van der Waals surface area contributed by atoms with E-state index in [-0.39, 0.29) is 33.0 Å². The number of ether oxygens (including phenoxy) is 2. The molecule has 37 heavy (non-hydrogen) atoms. The predicted molar refractivity (Wildman–Crippen MR) is 137 cm³/mol. The van der Waals surface area contributed by atoms with Crippen LogP contribution in [0, 0.1) is 10.1 Å². The van der Waals surface area contributed by atoms with Gasteiger partial charge in [-0.2, -0.15) is 0 Å². The number of hydrogen-bond acceptors (Lipinski definition) is 10. The van der Waals surface area contributed by atoms with Crippen molar-refractivity contribution >= 4 is 55.9 Å². The summed E-state index contributed by atoms with van der Waals surface area (Å²) in [7, 11) is -1.04. The first-order chi connectivity index (χ1) is 17.7. The highest BCUT2D eigenvalue weighted by molar-refractivity contribution is 7.99. The van der Waals surface area contributed by atoms with Crippen LogP contribution >= 0.6 is 11.8 Å². The Morgan fingerprint density at radius 2 is 1.84 bits per heavy atom. The number of carbonyl (C=O) groups is 1. The van der Waals surface area contributed by atoms with E-state index in [0.717, 1.165) is 11.8 Å². The Hall–Kier alpha value is -4.30. The summed E-state index contributed by atoms with van der Waals surface area (Å²) in [5, 5.41) is 13.7. The van der Waals surface area contributed by atoms with Gasteiger partial charge in [0.25, 0.3) is 20.9 Å². The SMILES string of the molecule is COc1ccc(NS(=O)(=O)c2ccc3oc(SCC(=O)Nc4ccc([N+](=O)[O-])cc4OC)nc3c2)cc1. The van der Waals surface area contributed by atoms with Crippen LogP contribution in [0.25, 0.3) is 11.1 Å². The van der Waals surface area contributed by atoms with Crippen molar-refractivity contribution in [2.45, 2.75) is 10.1 Å². The molecule has 0 bridgehead atoms. The van der Waals surface area contributed by atoms with Crippen LogP contribution < -0.4 is 19.5 Å². The van der Waals surface area contributed by atoms with Gasteiger partial charge >= 0.3 is 0 Å². The number of nitrogens with zero attached hydrogens (tertiary/aromatic N) is 2. The molecule has 14 heteroatoms. The van der Waals surface area contributed by atoms with Crippen LogP contribution in [0.1, 0.15) is 0 Å². The average molecular weight is 545 g/mol. The van der Waals surface area contributed by atoms with Crippen molar-refractivity contribution in [2.75, 3.05) is 30.0 Å². The molecule has 2 N–H and O–H groups in total. The lowest BCUT2D eigenvalue weighted by atomic mass is 10.2. The molecule has 0 spiro atoms. The number of thioether (sulfide) groups is 1. The van der Waals surface area contributed by atoms with Crippen LogP contribution in [-0.4, -0.2) is 44.2 Å². The summed E-state index contributed by atoms with van der Waals surface area (Å²) in [6, 6.07) is 14.5. The van der Waals surface area contributed by atoms with E-state index in [0.29, 0.717) is 22.5 Å². The van der Waals surface area contributed by atoms with Gasteiger partial charge in [-0.1, -0.05) is 11.8 Å². The Bertz CT molecular complexity index is 1570.